The first-order valence-electron chi connectivity index (χ1n) is 11.3. The number of hydrogen-bond acceptors (Lipinski definition) is 7. The monoisotopic (exact) mass is 460 g/mol. The fraction of sp³-hybridized carbons (Fsp3) is 0.320. The second kappa shape index (κ2) is 10.3. The van der Waals surface area contributed by atoms with Crippen LogP contribution >= 0.6 is 0 Å². The van der Waals surface area contributed by atoms with Crippen LogP contribution in [0.4, 0.5) is 17.5 Å². The van der Waals surface area contributed by atoms with Gasteiger partial charge in [0.2, 0.25) is 11.9 Å². The Hall–Kier alpha value is -4.01. The maximum atomic E-state index is 12.3. The molecule has 2 aromatic carbocycles. The van der Waals surface area contributed by atoms with Gasteiger partial charge in [-0.2, -0.15) is 4.98 Å². The Morgan fingerprint density at radius 1 is 1.03 bits per heavy atom. The van der Waals surface area contributed by atoms with E-state index >= 15 is 0 Å². The van der Waals surface area contributed by atoms with Crippen LogP contribution in [0.25, 0.3) is 17.0 Å². The van der Waals surface area contributed by atoms with E-state index in [1.54, 1.807) is 18.2 Å². The van der Waals surface area contributed by atoms with Gasteiger partial charge in [0.1, 0.15) is 5.82 Å². The predicted octanol–water partition coefficient (Wildman–Crippen LogP) is 4.16. The molecule has 1 aliphatic carbocycles. The van der Waals surface area contributed by atoms with Gasteiger partial charge in [-0.3, -0.25) is 14.9 Å². The third kappa shape index (κ3) is 5.67. The van der Waals surface area contributed by atoms with Crippen molar-refractivity contribution < 1.29 is 9.72 Å². The van der Waals surface area contributed by atoms with Gasteiger partial charge in [0, 0.05) is 49.8 Å². The molecule has 0 radical (unpaired) electrons. The highest BCUT2D eigenvalue weighted by molar-refractivity contribution is 5.92. The van der Waals surface area contributed by atoms with Gasteiger partial charge in [0.15, 0.2) is 0 Å². The molecule has 1 fully saturated rings. The number of fused-ring (bicyclic) bond motifs is 1. The largest absolute Gasteiger partial charge is 0.362 e. The number of amides is 1. The van der Waals surface area contributed by atoms with Crippen LogP contribution in [0.5, 0.6) is 0 Å². The maximum Gasteiger partial charge on any atom is 0.269 e. The molecule has 0 aliphatic heterocycles. The first kappa shape index (κ1) is 23.2. The number of benzene rings is 2. The summed E-state index contributed by atoms with van der Waals surface area (Å²) < 4.78 is 0. The fourth-order valence-electron chi connectivity index (χ4n) is 4.16. The lowest BCUT2D eigenvalue weighted by molar-refractivity contribution is -0.384. The molecule has 0 bridgehead atoms. The van der Waals surface area contributed by atoms with E-state index in [9.17, 15) is 14.9 Å². The topological polar surface area (TPSA) is 113 Å². The number of nitro groups is 1. The van der Waals surface area contributed by atoms with Crippen molar-refractivity contribution in [3.8, 4) is 0 Å². The Balaban J connectivity index is 1.29. The minimum atomic E-state index is -0.446. The zero-order valence-corrected chi connectivity index (χ0v) is 19.3. The zero-order valence-electron chi connectivity index (χ0n) is 19.3. The normalized spacial score (nSPS) is 18.1. The Morgan fingerprint density at radius 3 is 2.38 bits per heavy atom. The number of carbonyl (C=O) groups is 1. The van der Waals surface area contributed by atoms with E-state index in [2.05, 4.69) is 15.6 Å². The zero-order chi connectivity index (χ0) is 24.1. The van der Waals surface area contributed by atoms with Crippen molar-refractivity contribution in [2.75, 3.05) is 24.3 Å². The molecule has 0 saturated heterocycles. The number of carbonyl (C=O) groups excluding carboxylic acids is 1. The molecule has 1 saturated carbocycles. The van der Waals surface area contributed by atoms with Crippen molar-refractivity contribution >= 4 is 40.3 Å². The van der Waals surface area contributed by atoms with Crippen molar-refractivity contribution in [3.63, 3.8) is 0 Å². The van der Waals surface area contributed by atoms with E-state index in [-0.39, 0.29) is 23.7 Å². The number of nitrogens with zero attached hydrogens (tertiary/aromatic N) is 4. The van der Waals surface area contributed by atoms with Crippen molar-refractivity contribution in [2.24, 2.45) is 0 Å². The van der Waals surface area contributed by atoms with Crippen molar-refractivity contribution in [3.05, 3.63) is 70.3 Å². The molecule has 4 rings (SSSR count). The van der Waals surface area contributed by atoms with Gasteiger partial charge in [-0.25, -0.2) is 4.98 Å². The lowest BCUT2D eigenvalue weighted by Gasteiger charge is -2.29. The summed E-state index contributed by atoms with van der Waals surface area (Å²) >= 11 is 0. The highest BCUT2D eigenvalue weighted by Gasteiger charge is 2.23. The second-order valence-corrected chi connectivity index (χ2v) is 8.67. The van der Waals surface area contributed by atoms with Crippen LogP contribution in [0, 0.1) is 10.1 Å². The third-order valence-corrected chi connectivity index (χ3v) is 5.94. The van der Waals surface area contributed by atoms with Gasteiger partial charge in [0.25, 0.3) is 5.69 Å². The van der Waals surface area contributed by atoms with Crippen molar-refractivity contribution in [1.82, 2.24) is 15.3 Å². The van der Waals surface area contributed by atoms with E-state index < -0.39 is 4.92 Å². The Kier molecular flexibility index (Phi) is 7.01. The van der Waals surface area contributed by atoms with E-state index in [0.29, 0.717) is 5.95 Å². The van der Waals surface area contributed by atoms with E-state index in [0.717, 1.165) is 48.0 Å². The van der Waals surface area contributed by atoms with E-state index in [1.165, 1.54) is 18.2 Å². The molecule has 1 amide bonds. The molecule has 9 heteroatoms. The highest BCUT2D eigenvalue weighted by atomic mass is 16.6. The Bertz CT molecular complexity index is 1200. The summed E-state index contributed by atoms with van der Waals surface area (Å²) in [5.74, 6) is 1.35. The van der Waals surface area contributed by atoms with Crippen LogP contribution in [0.1, 0.15) is 31.2 Å². The second-order valence-electron chi connectivity index (χ2n) is 8.67. The van der Waals surface area contributed by atoms with Crippen LogP contribution in [-0.2, 0) is 4.79 Å². The van der Waals surface area contributed by atoms with Gasteiger partial charge in [-0.05, 0) is 61.6 Å². The number of nitro benzene ring substituents is 1. The molecule has 0 unspecified atom stereocenters. The quantitative estimate of drug-likeness (QED) is 0.309. The average Bonchev–Trinajstić information content (AvgIpc) is 2.83. The van der Waals surface area contributed by atoms with Gasteiger partial charge < -0.3 is 15.5 Å². The van der Waals surface area contributed by atoms with Crippen LogP contribution in [-0.4, -0.2) is 47.0 Å². The van der Waals surface area contributed by atoms with E-state index in [1.807, 2.05) is 43.3 Å². The molecule has 34 heavy (non-hydrogen) atoms. The molecule has 0 atom stereocenters. The summed E-state index contributed by atoms with van der Waals surface area (Å²) in [6, 6.07) is 14.4. The third-order valence-electron chi connectivity index (χ3n) is 5.94. The predicted molar refractivity (Wildman–Crippen MR) is 134 cm³/mol. The van der Waals surface area contributed by atoms with Crippen LogP contribution in [0.15, 0.2) is 54.6 Å². The molecular weight excluding hydrogens is 432 g/mol. The Morgan fingerprint density at radius 2 is 1.71 bits per heavy atom. The highest BCUT2D eigenvalue weighted by Crippen LogP contribution is 2.26. The molecule has 1 heterocycles. The SMILES string of the molecule is CN(C)c1nc(N[C@H]2CC[C@@H](NC(=O)/C=C/c3ccc([N+](=O)[O-])cc3)CC2)nc2ccccc12. The number of aromatic nitrogens is 2. The number of hydrogen-bond donors (Lipinski definition) is 2. The molecule has 1 aliphatic rings. The van der Waals surface area contributed by atoms with Crippen LogP contribution in [0.2, 0.25) is 0 Å². The minimum Gasteiger partial charge on any atom is -0.362 e. The van der Waals surface area contributed by atoms with Crippen LogP contribution in [0.3, 0.4) is 0 Å². The summed E-state index contributed by atoms with van der Waals surface area (Å²) in [5, 5.41) is 18.3. The first-order valence-corrected chi connectivity index (χ1v) is 11.3. The summed E-state index contributed by atoms with van der Waals surface area (Å²) in [6.07, 6.45) is 6.67. The first-order chi connectivity index (χ1) is 16.4. The van der Waals surface area contributed by atoms with Gasteiger partial charge in [-0.1, -0.05) is 12.1 Å². The number of anilines is 2. The molecule has 176 valence electrons. The number of nitrogens with one attached hydrogen (secondary N) is 2. The standard InChI is InChI=1S/C25H28N6O3/c1-30(2)24-21-5-3-4-6-22(21)28-25(29-24)27-19-12-10-18(11-13-19)26-23(32)16-9-17-7-14-20(15-8-17)31(33)34/h3-9,14-16,18-19H,10-13H2,1-2H3,(H,26,32)(H,27,28,29)/b16-9+/t18-,19+. The van der Waals surface area contributed by atoms with Crippen LogP contribution < -0.4 is 15.5 Å². The molecule has 2 N–H and O–H groups in total. The molecule has 9 nitrogen and oxygen atoms in total. The molecule has 3 aromatic rings. The Labute approximate surface area is 198 Å². The summed E-state index contributed by atoms with van der Waals surface area (Å²) in [7, 11) is 3.95. The smallest absolute Gasteiger partial charge is 0.269 e. The maximum absolute atomic E-state index is 12.3. The van der Waals surface area contributed by atoms with Crippen molar-refractivity contribution in [1.29, 1.82) is 0 Å². The molecule has 1 aromatic heterocycles. The van der Waals surface area contributed by atoms with Crippen molar-refractivity contribution in [2.45, 2.75) is 37.8 Å². The minimum absolute atomic E-state index is 0.0269. The molecule has 0 spiro atoms. The van der Waals surface area contributed by atoms with Gasteiger partial charge in [-0.15, -0.1) is 0 Å². The number of rotatable bonds is 7. The van der Waals surface area contributed by atoms with Gasteiger partial charge >= 0.3 is 0 Å². The average molecular weight is 461 g/mol. The summed E-state index contributed by atoms with van der Waals surface area (Å²) in [4.78, 5) is 34.0. The summed E-state index contributed by atoms with van der Waals surface area (Å²) in [5.41, 5.74) is 1.67. The number of para-hydroxylation sites is 1. The number of non-ortho nitro benzene ring substituents is 1. The fourth-order valence-corrected chi connectivity index (χ4v) is 4.16. The van der Waals surface area contributed by atoms with Gasteiger partial charge in [0.05, 0.1) is 10.4 Å². The summed E-state index contributed by atoms with van der Waals surface area (Å²) in [6.45, 7) is 0. The lowest BCUT2D eigenvalue weighted by atomic mass is 9.91. The van der Waals surface area contributed by atoms with E-state index in [4.69, 9.17) is 4.98 Å². The molecular formula is C25H28N6O3. The lowest BCUT2D eigenvalue weighted by Crippen LogP contribution is -2.39.